The van der Waals surface area contributed by atoms with E-state index < -0.39 is 14.2 Å². The molecule has 0 rings (SSSR count). The zero-order chi connectivity index (χ0) is 5.86. The molecule has 0 saturated heterocycles. The standard InChI is InChI=1S/C3H9O3P/c1-2-3(4)7(5)6/h3-6H,2H2,1H3. The van der Waals surface area contributed by atoms with Crippen LogP contribution in [0.3, 0.4) is 0 Å². The van der Waals surface area contributed by atoms with E-state index in [1.165, 1.54) is 0 Å². The first kappa shape index (κ1) is 7.31. The molecule has 0 fully saturated rings. The molecule has 4 heteroatoms. The summed E-state index contributed by atoms with van der Waals surface area (Å²) in [5.41, 5.74) is 0. The van der Waals surface area contributed by atoms with E-state index in [4.69, 9.17) is 14.9 Å². The summed E-state index contributed by atoms with van der Waals surface area (Å²) in [4.78, 5) is 16.4. The minimum Gasteiger partial charge on any atom is -0.384 e. The van der Waals surface area contributed by atoms with Crippen molar-refractivity contribution in [1.29, 1.82) is 0 Å². The van der Waals surface area contributed by atoms with Crippen molar-refractivity contribution in [3.05, 3.63) is 0 Å². The summed E-state index contributed by atoms with van der Waals surface area (Å²) in [5.74, 6) is -0.921. The maximum absolute atomic E-state index is 8.46. The second-order valence-corrected chi connectivity index (χ2v) is 2.45. The molecular weight excluding hydrogens is 115 g/mol. The highest BCUT2D eigenvalue weighted by Gasteiger charge is 2.08. The van der Waals surface area contributed by atoms with E-state index >= 15 is 0 Å². The zero-order valence-corrected chi connectivity index (χ0v) is 4.97. The van der Waals surface area contributed by atoms with Crippen LogP contribution in [0.5, 0.6) is 0 Å². The van der Waals surface area contributed by atoms with Crippen LogP contribution in [0.15, 0.2) is 0 Å². The fourth-order valence-electron chi connectivity index (χ4n) is 0.163. The topological polar surface area (TPSA) is 60.7 Å². The first-order valence-corrected chi connectivity index (χ1v) is 3.35. The van der Waals surface area contributed by atoms with Gasteiger partial charge in [0, 0.05) is 0 Å². The van der Waals surface area contributed by atoms with Crippen molar-refractivity contribution in [3.8, 4) is 0 Å². The molecule has 0 radical (unpaired) electrons. The second kappa shape index (κ2) is 3.33. The maximum atomic E-state index is 8.46. The van der Waals surface area contributed by atoms with Gasteiger partial charge < -0.3 is 14.9 Å². The molecule has 0 aliphatic heterocycles. The molecule has 0 amide bonds. The molecule has 0 aromatic heterocycles. The molecule has 44 valence electrons. The van der Waals surface area contributed by atoms with Gasteiger partial charge in [0.25, 0.3) is 0 Å². The molecule has 3 N–H and O–H groups in total. The molecule has 0 bridgehead atoms. The van der Waals surface area contributed by atoms with Crippen LogP contribution < -0.4 is 0 Å². The van der Waals surface area contributed by atoms with Crippen molar-refractivity contribution in [2.45, 2.75) is 19.2 Å². The van der Waals surface area contributed by atoms with Gasteiger partial charge in [0.05, 0.1) is 0 Å². The van der Waals surface area contributed by atoms with E-state index in [0.717, 1.165) is 0 Å². The summed E-state index contributed by atoms with van der Waals surface area (Å²) in [5, 5.41) is 8.46. The Hall–Kier alpha value is 0.310. The van der Waals surface area contributed by atoms with Gasteiger partial charge in [-0.25, -0.2) is 0 Å². The minimum absolute atomic E-state index is 0.401. The number of rotatable bonds is 2. The van der Waals surface area contributed by atoms with Crippen LogP contribution in [-0.2, 0) is 0 Å². The third kappa shape index (κ3) is 2.94. The molecule has 1 unspecified atom stereocenters. The lowest BCUT2D eigenvalue weighted by Gasteiger charge is -2.05. The smallest absolute Gasteiger partial charge is 0.195 e. The van der Waals surface area contributed by atoms with Crippen molar-refractivity contribution in [2.75, 3.05) is 0 Å². The van der Waals surface area contributed by atoms with E-state index in [0.29, 0.717) is 6.42 Å². The normalized spacial score (nSPS) is 15.0. The number of aliphatic hydroxyl groups excluding tert-OH is 1. The average Bonchev–Trinajstić information content (AvgIpc) is 1.65. The lowest BCUT2D eigenvalue weighted by atomic mass is 10.5. The first-order valence-electron chi connectivity index (χ1n) is 2.03. The minimum atomic E-state index is -2.11. The fraction of sp³-hybridized carbons (Fsp3) is 1.00. The Morgan fingerprint density at radius 3 is 2.00 bits per heavy atom. The predicted molar refractivity (Wildman–Crippen MR) is 27.7 cm³/mol. The predicted octanol–water partition coefficient (Wildman–Crippen LogP) is 0.0113. The Morgan fingerprint density at radius 1 is 1.57 bits per heavy atom. The van der Waals surface area contributed by atoms with Gasteiger partial charge in [-0.1, -0.05) is 6.92 Å². The van der Waals surface area contributed by atoms with E-state index in [9.17, 15) is 0 Å². The van der Waals surface area contributed by atoms with Crippen molar-refractivity contribution < 1.29 is 14.9 Å². The Morgan fingerprint density at radius 2 is 2.00 bits per heavy atom. The van der Waals surface area contributed by atoms with Crippen LogP contribution in [0.2, 0.25) is 0 Å². The average molecular weight is 124 g/mol. The molecule has 0 spiro atoms. The fourth-order valence-corrected chi connectivity index (χ4v) is 0.490. The SMILES string of the molecule is CCC(O)P(O)O. The summed E-state index contributed by atoms with van der Waals surface area (Å²) >= 11 is 0. The van der Waals surface area contributed by atoms with Crippen molar-refractivity contribution in [1.82, 2.24) is 0 Å². The highest BCUT2D eigenvalue weighted by atomic mass is 31.2. The highest BCUT2D eigenvalue weighted by Crippen LogP contribution is 2.30. The van der Waals surface area contributed by atoms with Crippen molar-refractivity contribution in [3.63, 3.8) is 0 Å². The molecule has 3 nitrogen and oxygen atoms in total. The van der Waals surface area contributed by atoms with Gasteiger partial charge in [0.15, 0.2) is 8.38 Å². The Kier molecular flexibility index (Phi) is 3.48. The highest BCUT2D eigenvalue weighted by molar-refractivity contribution is 7.45. The number of hydrogen-bond acceptors (Lipinski definition) is 3. The molecule has 0 saturated carbocycles. The van der Waals surface area contributed by atoms with Crippen LogP contribution in [-0.4, -0.2) is 20.7 Å². The van der Waals surface area contributed by atoms with Crippen molar-refractivity contribution >= 4 is 8.38 Å². The summed E-state index contributed by atoms with van der Waals surface area (Å²) in [6.07, 6.45) is 0.401. The van der Waals surface area contributed by atoms with Crippen LogP contribution in [0.1, 0.15) is 13.3 Å². The third-order valence-corrected chi connectivity index (χ3v) is 1.53. The van der Waals surface area contributed by atoms with Gasteiger partial charge in [0.1, 0.15) is 5.85 Å². The molecule has 1 atom stereocenters. The van der Waals surface area contributed by atoms with Gasteiger partial charge in [-0.05, 0) is 6.42 Å². The Labute approximate surface area is 43.5 Å². The zero-order valence-electron chi connectivity index (χ0n) is 4.07. The quantitative estimate of drug-likeness (QED) is 0.454. The van der Waals surface area contributed by atoms with Crippen LogP contribution >= 0.6 is 8.38 Å². The summed E-state index contributed by atoms with van der Waals surface area (Å²) < 4.78 is 0. The van der Waals surface area contributed by atoms with Gasteiger partial charge in [-0.2, -0.15) is 0 Å². The van der Waals surface area contributed by atoms with Crippen molar-refractivity contribution in [2.24, 2.45) is 0 Å². The van der Waals surface area contributed by atoms with E-state index in [-0.39, 0.29) is 0 Å². The Balaban J connectivity index is 3.14. The molecule has 0 aromatic carbocycles. The number of hydrogen-bond donors (Lipinski definition) is 3. The van der Waals surface area contributed by atoms with Crippen LogP contribution in [0.25, 0.3) is 0 Å². The number of aliphatic hydroxyl groups is 1. The monoisotopic (exact) mass is 124 g/mol. The molecule has 0 aliphatic rings. The van der Waals surface area contributed by atoms with Crippen LogP contribution in [0.4, 0.5) is 0 Å². The maximum Gasteiger partial charge on any atom is 0.195 e. The van der Waals surface area contributed by atoms with Gasteiger partial charge >= 0.3 is 0 Å². The second-order valence-electron chi connectivity index (χ2n) is 1.21. The molecule has 0 aromatic rings. The lowest BCUT2D eigenvalue weighted by molar-refractivity contribution is 0.224. The molecule has 0 aliphatic carbocycles. The van der Waals surface area contributed by atoms with E-state index in [1.807, 2.05) is 0 Å². The molecule has 0 heterocycles. The molecule has 7 heavy (non-hydrogen) atoms. The Bertz CT molecular complexity index is 47.4. The summed E-state index contributed by atoms with van der Waals surface area (Å²) in [6, 6.07) is 0. The van der Waals surface area contributed by atoms with Gasteiger partial charge in [0.2, 0.25) is 0 Å². The van der Waals surface area contributed by atoms with Crippen LogP contribution in [0, 0.1) is 0 Å². The summed E-state index contributed by atoms with van der Waals surface area (Å²) in [6.45, 7) is 1.69. The first-order chi connectivity index (χ1) is 3.18. The largest absolute Gasteiger partial charge is 0.384 e. The van der Waals surface area contributed by atoms with E-state index in [1.54, 1.807) is 6.92 Å². The third-order valence-electron chi connectivity index (χ3n) is 0.632. The lowest BCUT2D eigenvalue weighted by Crippen LogP contribution is -1.99. The summed E-state index contributed by atoms with van der Waals surface area (Å²) in [7, 11) is -2.11. The van der Waals surface area contributed by atoms with Gasteiger partial charge in [-0.3, -0.25) is 0 Å². The molecular formula is C3H9O3P. The van der Waals surface area contributed by atoms with Gasteiger partial charge in [-0.15, -0.1) is 0 Å². The van der Waals surface area contributed by atoms with E-state index in [2.05, 4.69) is 0 Å².